The average Bonchev–Trinajstić information content (AvgIpc) is 3.34. The van der Waals surface area contributed by atoms with Gasteiger partial charge in [-0.05, 0) is 48.1 Å². The Balaban J connectivity index is 1.22. The number of thiophene rings is 1. The van der Waals surface area contributed by atoms with E-state index < -0.39 is 39.5 Å². The molecule has 218 valence electrons. The van der Waals surface area contributed by atoms with Gasteiger partial charge in [-0.1, -0.05) is 62.2 Å². The summed E-state index contributed by atoms with van der Waals surface area (Å²) in [6, 6.07) is 12.6. The van der Waals surface area contributed by atoms with Crippen molar-refractivity contribution in [1.82, 2.24) is 19.8 Å². The number of nitrogens with one attached hydrogen (secondary N) is 2. The van der Waals surface area contributed by atoms with Gasteiger partial charge in [-0.25, -0.2) is 13.1 Å². The van der Waals surface area contributed by atoms with Crippen LogP contribution in [-0.2, 0) is 19.6 Å². The molecule has 2 fully saturated rings. The molecule has 0 spiro atoms. The lowest BCUT2D eigenvalue weighted by atomic mass is 9.70. The van der Waals surface area contributed by atoms with Gasteiger partial charge in [-0.2, -0.15) is 0 Å². The molecule has 3 amide bonds. The molecule has 0 saturated carbocycles. The molecule has 3 atom stereocenters. The lowest BCUT2D eigenvalue weighted by molar-refractivity contribution is -0.206. The van der Waals surface area contributed by atoms with Crippen LogP contribution in [0.5, 0.6) is 0 Å². The molecular formula is C28H30Cl2N4O5S2. The number of nitrogens with zero attached hydrogens (tertiary/aromatic N) is 2. The summed E-state index contributed by atoms with van der Waals surface area (Å²) in [4.78, 5) is 43.4. The number of carbonyl (C=O) groups excluding carboxylic acids is 3. The third kappa shape index (κ3) is 5.46. The average molecular weight is 638 g/mol. The van der Waals surface area contributed by atoms with Crippen LogP contribution >= 0.6 is 34.5 Å². The molecule has 3 aromatic rings. The summed E-state index contributed by atoms with van der Waals surface area (Å²) >= 11 is 13.3. The number of halogens is 2. The second-order valence-corrected chi connectivity index (χ2v) is 15.3. The van der Waals surface area contributed by atoms with E-state index in [0.29, 0.717) is 11.4 Å². The molecule has 2 aliphatic heterocycles. The number of sulfonamides is 1. The highest BCUT2D eigenvalue weighted by Crippen LogP contribution is 2.45. The van der Waals surface area contributed by atoms with Crippen LogP contribution in [0.25, 0.3) is 10.1 Å². The van der Waals surface area contributed by atoms with E-state index in [0.717, 1.165) is 10.1 Å². The fourth-order valence-electron chi connectivity index (χ4n) is 5.34. The number of carbonyl (C=O) groups is 3. The monoisotopic (exact) mass is 636 g/mol. The zero-order chi connectivity index (χ0) is 29.9. The van der Waals surface area contributed by atoms with Crippen LogP contribution in [0.15, 0.2) is 53.4 Å². The maximum absolute atomic E-state index is 13.8. The number of fused-ring (bicyclic) bond motifs is 2. The summed E-state index contributed by atoms with van der Waals surface area (Å²) < 4.78 is 28.7. The second kappa shape index (κ2) is 10.5. The molecule has 1 aromatic heterocycles. The van der Waals surface area contributed by atoms with Gasteiger partial charge < -0.3 is 15.1 Å². The Morgan fingerprint density at radius 1 is 1.12 bits per heavy atom. The summed E-state index contributed by atoms with van der Waals surface area (Å²) in [6.45, 7) is 7.68. The Labute approximate surface area is 252 Å². The van der Waals surface area contributed by atoms with Crippen LogP contribution in [0, 0.1) is 5.41 Å². The zero-order valence-electron chi connectivity index (χ0n) is 22.9. The summed E-state index contributed by atoms with van der Waals surface area (Å²) in [5.41, 5.74) is -1.17. The molecule has 13 heteroatoms. The van der Waals surface area contributed by atoms with E-state index in [1.165, 1.54) is 29.5 Å². The Bertz CT molecular complexity index is 1640. The van der Waals surface area contributed by atoms with Crippen LogP contribution < -0.4 is 10.0 Å². The van der Waals surface area contributed by atoms with Crippen LogP contribution in [0.1, 0.15) is 37.4 Å². The second-order valence-electron chi connectivity index (χ2n) is 11.7. The zero-order valence-corrected chi connectivity index (χ0v) is 26.0. The first kappa shape index (κ1) is 29.8. The minimum Gasteiger partial charge on any atom is -0.339 e. The van der Waals surface area contributed by atoms with Crippen LogP contribution in [0.4, 0.5) is 0 Å². The summed E-state index contributed by atoms with van der Waals surface area (Å²) in [6.07, 6.45) is 0. The molecule has 2 aromatic carbocycles. The number of hydrogen-bond acceptors (Lipinski definition) is 6. The third-order valence-electron chi connectivity index (χ3n) is 7.78. The van der Waals surface area contributed by atoms with Crippen molar-refractivity contribution in [3.63, 3.8) is 0 Å². The lowest BCUT2D eigenvalue weighted by Gasteiger charge is -2.69. The summed E-state index contributed by atoms with van der Waals surface area (Å²) in [5, 5.41) is 4.12. The Morgan fingerprint density at radius 2 is 1.83 bits per heavy atom. The number of rotatable bonds is 7. The molecule has 0 radical (unpaired) electrons. The Hall–Kier alpha value is -2.70. The molecule has 2 saturated heterocycles. The number of hydrogen-bond donors (Lipinski definition) is 2. The summed E-state index contributed by atoms with van der Waals surface area (Å²) in [5.74, 6) is -0.931. The van der Waals surface area contributed by atoms with Gasteiger partial charge in [0.1, 0.15) is 10.9 Å². The molecule has 2 N–H and O–H groups in total. The summed E-state index contributed by atoms with van der Waals surface area (Å²) in [7, 11) is -4.07. The molecule has 9 nitrogen and oxygen atoms in total. The van der Waals surface area contributed by atoms with E-state index in [2.05, 4.69) is 10.0 Å². The van der Waals surface area contributed by atoms with Crippen molar-refractivity contribution in [3.8, 4) is 0 Å². The standard InChI is InChI=1S/C28H30Cl2N4O5S2/c1-27(2,3)24(32-25(36)20-11-16-7-5-6-8-19(16)40-20)26(37)34-14-22-28(34,4)15-33(22)23(35)13-31-41(38,39)21-12-17(29)9-10-18(21)30/h5-12,22,24,31H,13-15H2,1-4H3,(H,32,36)/t22-,24?,28?/m1/s1. The molecule has 2 unspecified atom stereocenters. The Kier molecular flexibility index (Phi) is 7.65. The first-order valence-corrected chi connectivity index (χ1v) is 16.0. The number of benzene rings is 2. The predicted octanol–water partition coefficient (Wildman–Crippen LogP) is 4.14. The fourth-order valence-corrected chi connectivity index (χ4v) is 8.04. The van der Waals surface area contributed by atoms with E-state index in [-0.39, 0.29) is 39.3 Å². The van der Waals surface area contributed by atoms with Crippen molar-refractivity contribution >= 4 is 72.4 Å². The van der Waals surface area contributed by atoms with Crippen LogP contribution in [-0.4, -0.2) is 73.2 Å². The minimum atomic E-state index is -4.07. The van der Waals surface area contributed by atoms with E-state index >= 15 is 0 Å². The maximum Gasteiger partial charge on any atom is 0.262 e. The minimum absolute atomic E-state index is 0.00753. The van der Waals surface area contributed by atoms with Gasteiger partial charge in [0.15, 0.2) is 0 Å². The molecule has 5 rings (SSSR count). The SMILES string of the molecule is CC(C)(C)C(NC(=O)c1cc2ccccc2s1)C(=O)N1C[C@H]2N(C(=O)CNS(=O)(=O)c3cc(Cl)ccc3Cl)CC21C. The number of likely N-dealkylation sites (tertiary alicyclic amines) is 2. The molecule has 3 heterocycles. The Morgan fingerprint density at radius 3 is 2.46 bits per heavy atom. The van der Waals surface area contributed by atoms with Crippen molar-refractivity contribution in [1.29, 1.82) is 0 Å². The lowest BCUT2D eigenvalue weighted by Crippen LogP contribution is -2.89. The van der Waals surface area contributed by atoms with Crippen molar-refractivity contribution < 1.29 is 22.8 Å². The van der Waals surface area contributed by atoms with Crippen molar-refractivity contribution in [2.24, 2.45) is 5.41 Å². The van der Waals surface area contributed by atoms with Crippen molar-refractivity contribution in [3.05, 3.63) is 63.5 Å². The van der Waals surface area contributed by atoms with Gasteiger partial charge in [-0.15, -0.1) is 11.3 Å². The van der Waals surface area contributed by atoms with Gasteiger partial charge in [0.2, 0.25) is 21.8 Å². The highest BCUT2D eigenvalue weighted by Gasteiger charge is 2.65. The molecule has 2 aliphatic rings. The van der Waals surface area contributed by atoms with Crippen LogP contribution in [0.3, 0.4) is 0 Å². The number of amides is 3. The largest absolute Gasteiger partial charge is 0.339 e. The van der Waals surface area contributed by atoms with Gasteiger partial charge in [0.25, 0.3) is 5.91 Å². The maximum atomic E-state index is 13.8. The van der Waals surface area contributed by atoms with Gasteiger partial charge in [-0.3, -0.25) is 14.4 Å². The van der Waals surface area contributed by atoms with Crippen molar-refractivity contribution in [2.75, 3.05) is 19.6 Å². The normalized spacial score (nSPS) is 21.1. The third-order valence-corrected chi connectivity index (χ3v) is 11.0. The first-order chi connectivity index (χ1) is 19.1. The molecular weight excluding hydrogens is 607 g/mol. The molecule has 0 bridgehead atoms. The van der Waals surface area contributed by atoms with E-state index in [1.807, 2.05) is 58.0 Å². The predicted molar refractivity (Wildman–Crippen MR) is 160 cm³/mol. The van der Waals surface area contributed by atoms with E-state index in [9.17, 15) is 22.8 Å². The first-order valence-electron chi connectivity index (χ1n) is 13.0. The highest BCUT2D eigenvalue weighted by molar-refractivity contribution is 7.89. The van der Waals surface area contributed by atoms with Crippen LogP contribution in [0.2, 0.25) is 10.0 Å². The fraction of sp³-hybridized carbons (Fsp3) is 0.393. The van der Waals surface area contributed by atoms with Gasteiger partial charge in [0.05, 0.1) is 28.0 Å². The van der Waals surface area contributed by atoms with E-state index in [4.69, 9.17) is 23.2 Å². The molecule has 41 heavy (non-hydrogen) atoms. The molecule has 0 aliphatic carbocycles. The van der Waals surface area contributed by atoms with Crippen molar-refractivity contribution in [2.45, 2.75) is 50.2 Å². The topological polar surface area (TPSA) is 116 Å². The number of piperazine rings is 1. The highest BCUT2D eigenvalue weighted by atomic mass is 35.5. The quantitative estimate of drug-likeness (QED) is 0.404. The van der Waals surface area contributed by atoms with Gasteiger partial charge in [0, 0.05) is 22.8 Å². The van der Waals surface area contributed by atoms with E-state index in [1.54, 1.807) is 9.80 Å². The van der Waals surface area contributed by atoms with Gasteiger partial charge >= 0.3 is 0 Å². The smallest absolute Gasteiger partial charge is 0.262 e.